The van der Waals surface area contributed by atoms with E-state index in [0.717, 1.165) is 16.7 Å². The number of imide groups is 1. The van der Waals surface area contributed by atoms with Gasteiger partial charge in [-0.2, -0.15) is 0 Å². The van der Waals surface area contributed by atoms with Gasteiger partial charge in [-0.1, -0.05) is 6.07 Å². The summed E-state index contributed by atoms with van der Waals surface area (Å²) in [6, 6.07) is 6.49. The predicted molar refractivity (Wildman–Crippen MR) is 127 cm³/mol. The first-order chi connectivity index (χ1) is 17.3. The lowest BCUT2D eigenvalue weighted by Gasteiger charge is -2.35. The maximum absolute atomic E-state index is 13.2. The lowest BCUT2D eigenvalue weighted by molar-refractivity contribution is -0.135. The number of methoxy groups -OCH3 is 1. The molecule has 0 bridgehead atoms. The molecule has 3 aliphatic heterocycles. The Morgan fingerprint density at radius 1 is 1.17 bits per heavy atom. The van der Waals surface area contributed by atoms with Crippen LogP contribution in [0.2, 0.25) is 0 Å². The third kappa shape index (κ3) is 4.14. The van der Waals surface area contributed by atoms with Gasteiger partial charge in [0.25, 0.3) is 5.91 Å². The highest BCUT2D eigenvalue weighted by molar-refractivity contribution is 6.07. The van der Waals surface area contributed by atoms with Gasteiger partial charge < -0.3 is 29.6 Å². The smallest absolute Gasteiger partial charge is 0.322 e. The number of hydrogen-bond acceptors (Lipinski definition) is 6. The van der Waals surface area contributed by atoms with Crippen molar-refractivity contribution >= 4 is 23.9 Å². The Balaban J connectivity index is 1.45. The Bertz CT molecular complexity index is 1240. The summed E-state index contributed by atoms with van der Waals surface area (Å²) in [5.41, 5.74) is 1.03. The standard InChI is InChI=1S/C25H29N5O6/c1-3-26-24(34)29-8-4-5-19-17(13-29)10-20(36-19)25(22(32)27-23(33)28-25)14-30-12-15-6-7-18(35-2)9-16(15)11-21(30)31/h6-7,9-10H,3-5,8,11-14H2,1-2H3,(H,26,34)(H2,27,28,32,33)/t25-/m0/s1. The number of aryl methyl sites for hydroxylation is 1. The third-order valence-electron chi connectivity index (χ3n) is 6.96. The highest BCUT2D eigenvalue weighted by Crippen LogP contribution is 2.34. The van der Waals surface area contributed by atoms with Crippen LogP contribution in [0.3, 0.4) is 0 Å². The van der Waals surface area contributed by atoms with E-state index in [4.69, 9.17) is 9.15 Å². The zero-order valence-corrected chi connectivity index (χ0v) is 20.3. The first-order valence-corrected chi connectivity index (χ1v) is 12.0. The van der Waals surface area contributed by atoms with E-state index < -0.39 is 17.5 Å². The SMILES string of the molecule is CCNC(=O)N1CCCc2oc([C@]3(CN4Cc5ccc(OC)cc5CC4=O)NC(=O)NC3=O)cc2C1. The van der Waals surface area contributed by atoms with Gasteiger partial charge in [-0.15, -0.1) is 0 Å². The van der Waals surface area contributed by atoms with Crippen molar-refractivity contribution in [1.82, 2.24) is 25.8 Å². The molecule has 0 saturated carbocycles. The van der Waals surface area contributed by atoms with Gasteiger partial charge >= 0.3 is 12.1 Å². The van der Waals surface area contributed by atoms with Crippen LogP contribution in [-0.4, -0.2) is 60.4 Å². The number of ether oxygens (including phenoxy) is 1. The number of furan rings is 1. The molecule has 190 valence electrons. The van der Waals surface area contributed by atoms with E-state index in [2.05, 4.69) is 16.0 Å². The van der Waals surface area contributed by atoms with Crippen LogP contribution in [0, 0.1) is 0 Å². The fraction of sp³-hybridized carbons (Fsp3) is 0.440. The van der Waals surface area contributed by atoms with E-state index in [9.17, 15) is 19.2 Å². The molecule has 1 aromatic heterocycles. The summed E-state index contributed by atoms with van der Waals surface area (Å²) in [6.45, 7) is 3.50. The molecule has 3 N–H and O–H groups in total. The molecule has 0 spiro atoms. The maximum Gasteiger partial charge on any atom is 0.322 e. The molecule has 6 amide bonds. The van der Waals surface area contributed by atoms with Crippen molar-refractivity contribution in [3.05, 3.63) is 52.5 Å². The van der Waals surface area contributed by atoms with Gasteiger partial charge in [-0.3, -0.25) is 14.9 Å². The van der Waals surface area contributed by atoms with Crippen molar-refractivity contribution in [2.24, 2.45) is 0 Å². The van der Waals surface area contributed by atoms with Gasteiger partial charge in [0.2, 0.25) is 5.91 Å². The number of amides is 6. The molecular weight excluding hydrogens is 466 g/mol. The van der Waals surface area contributed by atoms with Crippen molar-refractivity contribution in [1.29, 1.82) is 0 Å². The van der Waals surface area contributed by atoms with Gasteiger partial charge in [-0.25, -0.2) is 9.59 Å². The van der Waals surface area contributed by atoms with Gasteiger partial charge in [0.15, 0.2) is 5.54 Å². The topological polar surface area (TPSA) is 133 Å². The number of hydrogen-bond donors (Lipinski definition) is 3. The molecule has 4 heterocycles. The number of benzene rings is 1. The molecule has 36 heavy (non-hydrogen) atoms. The molecule has 2 aromatic rings. The Hall–Kier alpha value is -4.02. The fourth-order valence-electron chi connectivity index (χ4n) is 5.08. The van der Waals surface area contributed by atoms with Gasteiger partial charge in [-0.05, 0) is 42.7 Å². The zero-order chi connectivity index (χ0) is 25.4. The van der Waals surface area contributed by atoms with E-state index in [1.54, 1.807) is 23.0 Å². The number of rotatable bonds is 5. The molecular formula is C25H29N5O6. The summed E-state index contributed by atoms with van der Waals surface area (Å²) in [5.74, 6) is 0.854. The Labute approximate surface area is 208 Å². The summed E-state index contributed by atoms with van der Waals surface area (Å²) >= 11 is 0. The number of nitrogens with zero attached hydrogens (tertiary/aromatic N) is 2. The summed E-state index contributed by atoms with van der Waals surface area (Å²) in [7, 11) is 1.57. The molecule has 11 heteroatoms. The molecule has 11 nitrogen and oxygen atoms in total. The van der Waals surface area contributed by atoms with E-state index in [0.29, 0.717) is 44.0 Å². The van der Waals surface area contributed by atoms with Crippen LogP contribution in [-0.2, 0) is 41.1 Å². The lowest BCUT2D eigenvalue weighted by Crippen LogP contribution is -2.54. The maximum atomic E-state index is 13.2. The summed E-state index contributed by atoms with van der Waals surface area (Å²) in [5, 5.41) is 7.84. The quantitative estimate of drug-likeness (QED) is 0.537. The van der Waals surface area contributed by atoms with Crippen LogP contribution in [0.4, 0.5) is 9.59 Å². The van der Waals surface area contributed by atoms with Gasteiger partial charge in [0, 0.05) is 31.6 Å². The van der Waals surface area contributed by atoms with E-state index in [1.807, 2.05) is 25.1 Å². The Morgan fingerprint density at radius 2 is 2.00 bits per heavy atom. The normalized spacial score (nSPS) is 21.3. The van der Waals surface area contributed by atoms with Crippen molar-refractivity contribution in [3.63, 3.8) is 0 Å². The molecule has 5 rings (SSSR count). The number of carbonyl (C=O) groups excluding carboxylic acids is 4. The van der Waals surface area contributed by atoms with E-state index in [1.165, 1.54) is 0 Å². The fourth-order valence-corrected chi connectivity index (χ4v) is 5.08. The number of carbonyl (C=O) groups is 4. The van der Waals surface area contributed by atoms with Crippen molar-refractivity contribution < 1.29 is 28.3 Å². The van der Waals surface area contributed by atoms with Crippen LogP contribution in [0.1, 0.15) is 41.6 Å². The summed E-state index contributed by atoms with van der Waals surface area (Å²) in [4.78, 5) is 54.2. The first-order valence-electron chi connectivity index (χ1n) is 12.0. The number of nitrogens with one attached hydrogen (secondary N) is 3. The second kappa shape index (κ2) is 9.21. The molecule has 1 fully saturated rings. The van der Waals surface area contributed by atoms with Crippen LogP contribution in [0.15, 0.2) is 28.7 Å². The Kier molecular flexibility index (Phi) is 6.07. The largest absolute Gasteiger partial charge is 0.497 e. The average molecular weight is 496 g/mol. The molecule has 1 aromatic carbocycles. The first kappa shape index (κ1) is 23.7. The van der Waals surface area contributed by atoms with Crippen LogP contribution in [0.5, 0.6) is 5.75 Å². The minimum Gasteiger partial charge on any atom is -0.497 e. The zero-order valence-electron chi connectivity index (χ0n) is 20.3. The second-order valence-electron chi connectivity index (χ2n) is 9.29. The lowest BCUT2D eigenvalue weighted by atomic mass is 9.92. The minimum atomic E-state index is -1.57. The molecule has 0 unspecified atom stereocenters. The number of fused-ring (bicyclic) bond motifs is 2. The predicted octanol–water partition coefficient (Wildman–Crippen LogP) is 1.39. The molecule has 1 saturated heterocycles. The average Bonchev–Trinajstić information content (AvgIpc) is 3.31. The highest BCUT2D eigenvalue weighted by atomic mass is 16.5. The van der Waals surface area contributed by atoms with Crippen molar-refractivity contribution in [2.75, 3.05) is 26.7 Å². The monoisotopic (exact) mass is 495 g/mol. The van der Waals surface area contributed by atoms with Crippen molar-refractivity contribution in [2.45, 2.75) is 44.8 Å². The van der Waals surface area contributed by atoms with Crippen molar-refractivity contribution in [3.8, 4) is 5.75 Å². The van der Waals surface area contributed by atoms with E-state index in [-0.39, 0.29) is 37.2 Å². The minimum absolute atomic E-state index is 0.0820. The molecule has 1 atom stereocenters. The van der Waals surface area contributed by atoms with Crippen LogP contribution < -0.4 is 20.7 Å². The summed E-state index contributed by atoms with van der Waals surface area (Å²) < 4.78 is 11.4. The third-order valence-corrected chi connectivity index (χ3v) is 6.96. The molecule has 3 aliphatic rings. The second-order valence-corrected chi connectivity index (χ2v) is 9.29. The molecule has 0 aliphatic carbocycles. The Morgan fingerprint density at radius 3 is 2.72 bits per heavy atom. The van der Waals surface area contributed by atoms with Crippen LogP contribution >= 0.6 is 0 Å². The van der Waals surface area contributed by atoms with Gasteiger partial charge in [0.1, 0.15) is 17.3 Å². The highest BCUT2D eigenvalue weighted by Gasteiger charge is 2.52. The summed E-state index contributed by atoms with van der Waals surface area (Å²) in [6.07, 6.45) is 1.45. The van der Waals surface area contributed by atoms with E-state index >= 15 is 0 Å². The van der Waals surface area contributed by atoms with Gasteiger partial charge in [0.05, 0.1) is 26.6 Å². The number of urea groups is 2. The van der Waals surface area contributed by atoms with Crippen LogP contribution in [0.25, 0.3) is 0 Å². The molecule has 0 radical (unpaired) electrons.